The van der Waals surface area contributed by atoms with Crippen molar-refractivity contribution in [2.45, 2.75) is 23.8 Å². The molecule has 0 aliphatic carbocycles. The van der Waals surface area contributed by atoms with Crippen LogP contribution in [-0.4, -0.2) is 17.9 Å². The first-order chi connectivity index (χ1) is 7.97. The number of halogens is 4. The van der Waals surface area contributed by atoms with Gasteiger partial charge >= 0.3 is 6.18 Å². The first kappa shape index (κ1) is 12.7. The number of benzene rings is 1. The van der Waals surface area contributed by atoms with Crippen LogP contribution in [0.5, 0.6) is 0 Å². The molecule has 0 amide bonds. The van der Waals surface area contributed by atoms with Gasteiger partial charge in [0.25, 0.3) is 0 Å². The van der Waals surface area contributed by atoms with Crippen LogP contribution >= 0.6 is 15.9 Å². The molecule has 2 rings (SSSR count). The Morgan fingerprint density at radius 1 is 1.06 bits per heavy atom. The van der Waals surface area contributed by atoms with E-state index in [1.807, 2.05) is 0 Å². The highest BCUT2D eigenvalue weighted by atomic mass is 79.9. The van der Waals surface area contributed by atoms with Gasteiger partial charge < -0.3 is 4.90 Å². The Morgan fingerprint density at radius 2 is 1.59 bits per heavy atom. The lowest BCUT2D eigenvalue weighted by Gasteiger charge is -2.31. The highest BCUT2D eigenvalue weighted by Crippen LogP contribution is 2.31. The van der Waals surface area contributed by atoms with Gasteiger partial charge in [-0.25, -0.2) is 0 Å². The largest absolute Gasteiger partial charge is 0.416 e. The highest BCUT2D eigenvalue weighted by molar-refractivity contribution is 9.09. The van der Waals surface area contributed by atoms with Crippen LogP contribution in [-0.2, 0) is 6.18 Å². The molecule has 1 aliphatic rings. The van der Waals surface area contributed by atoms with Gasteiger partial charge in [0, 0.05) is 23.6 Å². The number of nitrogens with zero attached hydrogens (tertiary/aromatic N) is 1. The molecule has 0 radical (unpaired) electrons. The summed E-state index contributed by atoms with van der Waals surface area (Å²) < 4.78 is 37.2. The Labute approximate surface area is 107 Å². The van der Waals surface area contributed by atoms with Gasteiger partial charge in [-0.3, -0.25) is 0 Å². The van der Waals surface area contributed by atoms with E-state index in [0.29, 0.717) is 4.83 Å². The van der Waals surface area contributed by atoms with Gasteiger partial charge in [-0.2, -0.15) is 13.2 Å². The fourth-order valence-corrected chi connectivity index (χ4v) is 2.38. The fraction of sp³-hybridized carbons (Fsp3) is 0.500. The zero-order valence-electron chi connectivity index (χ0n) is 9.17. The van der Waals surface area contributed by atoms with E-state index >= 15 is 0 Å². The van der Waals surface area contributed by atoms with Crippen LogP contribution in [0.2, 0.25) is 0 Å². The molecule has 1 aromatic carbocycles. The third-order valence-corrected chi connectivity index (χ3v) is 3.90. The molecule has 94 valence electrons. The van der Waals surface area contributed by atoms with Crippen LogP contribution in [0.15, 0.2) is 24.3 Å². The molecule has 1 aliphatic heterocycles. The van der Waals surface area contributed by atoms with Gasteiger partial charge in [0.1, 0.15) is 0 Å². The van der Waals surface area contributed by atoms with Gasteiger partial charge in [0.05, 0.1) is 5.56 Å². The molecule has 5 heteroatoms. The second-order valence-electron chi connectivity index (χ2n) is 4.21. The Balaban J connectivity index is 2.08. The molecule has 0 atom stereocenters. The van der Waals surface area contributed by atoms with E-state index in [0.717, 1.165) is 43.8 Å². The van der Waals surface area contributed by atoms with E-state index < -0.39 is 11.7 Å². The monoisotopic (exact) mass is 307 g/mol. The van der Waals surface area contributed by atoms with Gasteiger partial charge in [-0.15, -0.1) is 0 Å². The molecule has 1 saturated heterocycles. The lowest BCUT2D eigenvalue weighted by atomic mass is 10.1. The summed E-state index contributed by atoms with van der Waals surface area (Å²) >= 11 is 3.55. The van der Waals surface area contributed by atoms with E-state index in [9.17, 15) is 13.2 Å². The van der Waals surface area contributed by atoms with Crippen molar-refractivity contribution in [2.24, 2.45) is 0 Å². The molecule has 0 spiro atoms. The summed E-state index contributed by atoms with van der Waals surface area (Å²) in [4.78, 5) is 2.66. The summed E-state index contributed by atoms with van der Waals surface area (Å²) in [6.07, 6.45) is -2.19. The molecule has 0 unspecified atom stereocenters. The topological polar surface area (TPSA) is 3.24 Å². The summed E-state index contributed by atoms with van der Waals surface area (Å²) in [5.74, 6) is 0. The van der Waals surface area contributed by atoms with Crippen molar-refractivity contribution in [1.29, 1.82) is 0 Å². The summed E-state index contributed by atoms with van der Waals surface area (Å²) in [7, 11) is 0. The van der Waals surface area contributed by atoms with Crippen molar-refractivity contribution in [3.8, 4) is 0 Å². The Kier molecular flexibility index (Phi) is 3.66. The van der Waals surface area contributed by atoms with Crippen molar-refractivity contribution in [1.82, 2.24) is 0 Å². The number of anilines is 1. The molecular weight excluding hydrogens is 295 g/mol. The van der Waals surface area contributed by atoms with Crippen molar-refractivity contribution in [2.75, 3.05) is 18.0 Å². The fourth-order valence-electron chi connectivity index (χ4n) is 1.97. The summed E-state index contributed by atoms with van der Waals surface area (Å²) in [5, 5.41) is 0. The summed E-state index contributed by atoms with van der Waals surface area (Å²) in [5.41, 5.74) is 0.286. The number of rotatable bonds is 1. The van der Waals surface area contributed by atoms with Crippen molar-refractivity contribution < 1.29 is 13.2 Å². The maximum Gasteiger partial charge on any atom is 0.416 e. The van der Waals surface area contributed by atoms with Crippen LogP contribution in [0.3, 0.4) is 0 Å². The van der Waals surface area contributed by atoms with Gasteiger partial charge in [-0.1, -0.05) is 15.9 Å². The molecule has 0 saturated carbocycles. The quantitative estimate of drug-likeness (QED) is 0.707. The van der Waals surface area contributed by atoms with Crippen LogP contribution < -0.4 is 4.90 Å². The molecule has 1 heterocycles. The van der Waals surface area contributed by atoms with Crippen LogP contribution in [0.1, 0.15) is 18.4 Å². The molecule has 0 N–H and O–H groups in total. The second kappa shape index (κ2) is 4.88. The van der Waals surface area contributed by atoms with Crippen LogP contribution in [0.25, 0.3) is 0 Å². The molecule has 17 heavy (non-hydrogen) atoms. The summed E-state index contributed by atoms with van der Waals surface area (Å²) in [6, 6.07) is 5.40. The van der Waals surface area contributed by atoms with Gasteiger partial charge in [0.15, 0.2) is 0 Å². The molecule has 0 bridgehead atoms. The number of hydrogen-bond acceptors (Lipinski definition) is 1. The zero-order valence-corrected chi connectivity index (χ0v) is 10.8. The average molecular weight is 308 g/mol. The van der Waals surface area contributed by atoms with E-state index in [4.69, 9.17) is 0 Å². The first-order valence-corrected chi connectivity index (χ1v) is 6.44. The Hall–Kier alpha value is -0.710. The van der Waals surface area contributed by atoms with E-state index in [-0.39, 0.29) is 0 Å². The van der Waals surface area contributed by atoms with Crippen molar-refractivity contribution in [3.63, 3.8) is 0 Å². The molecular formula is C12H13BrF3N. The van der Waals surface area contributed by atoms with E-state index in [1.54, 1.807) is 12.1 Å². The highest BCUT2D eigenvalue weighted by Gasteiger charge is 2.30. The van der Waals surface area contributed by atoms with Gasteiger partial charge in [-0.05, 0) is 37.1 Å². The first-order valence-electron chi connectivity index (χ1n) is 5.53. The minimum atomic E-state index is -4.25. The SMILES string of the molecule is FC(F)(F)c1ccc(N2CCC(Br)CC2)cc1. The van der Waals surface area contributed by atoms with Crippen molar-refractivity contribution >= 4 is 21.6 Å². The second-order valence-corrected chi connectivity index (χ2v) is 5.50. The Bertz CT molecular complexity index is 366. The third kappa shape index (κ3) is 3.15. The molecule has 1 fully saturated rings. The number of piperidine rings is 1. The van der Waals surface area contributed by atoms with E-state index in [2.05, 4.69) is 20.8 Å². The predicted molar refractivity (Wildman–Crippen MR) is 65.6 cm³/mol. The Morgan fingerprint density at radius 3 is 2.06 bits per heavy atom. The summed E-state index contributed by atoms with van der Waals surface area (Å²) in [6.45, 7) is 1.78. The number of hydrogen-bond donors (Lipinski definition) is 0. The number of alkyl halides is 4. The average Bonchev–Trinajstić information content (AvgIpc) is 2.29. The molecule has 0 aromatic heterocycles. The predicted octanol–water partition coefficient (Wildman–Crippen LogP) is 4.07. The third-order valence-electron chi connectivity index (χ3n) is 2.98. The maximum atomic E-state index is 12.4. The smallest absolute Gasteiger partial charge is 0.371 e. The minimum absolute atomic E-state index is 0.535. The minimum Gasteiger partial charge on any atom is -0.371 e. The van der Waals surface area contributed by atoms with Crippen LogP contribution in [0.4, 0.5) is 18.9 Å². The lowest BCUT2D eigenvalue weighted by molar-refractivity contribution is -0.137. The van der Waals surface area contributed by atoms with Crippen LogP contribution in [0, 0.1) is 0 Å². The standard InChI is InChI=1S/C12H13BrF3N/c13-10-5-7-17(8-6-10)11-3-1-9(2-4-11)12(14,15)16/h1-4,10H,5-8H2. The molecule has 1 aromatic rings. The maximum absolute atomic E-state index is 12.4. The van der Waals surface area contributed by atoms with Gasteiger partial charge in [0.2, 0.25) is 0 Å². The lowest BCUT2D eigenvalue weighted by Crippen LogP contribution is -2.33. The molecule has 1 nitrogen and oxygen atoms in total. The zero-order chi connectivity index (χ0) is 12.5. The van der Waals surface area contributed by atoms with Crippen molar-refractivity contribution in [3.05, 3.63) is 29.8 Å². The normalized spacial score (nSPS) is 18.5. The van der Waals surface area contributed by atoms with E-state index in [1.165, 1.54) is 0 Å².